The smallest absolute Gasteiger partial charge is 0.233 e. The van der Waals surface area contributed by atoms with Crippen molar-refractivity contribution in [1.82, 2.24) is 9.88 Å². The monoisotopic (exact) mass is 341 g/mol. The predicted octanol–water partition coefficient (Wildman–Crippen LogP) is 2.65. The van der Waals surface area contributed by atoms with Gasteiger partial charge in [0.15, 0.2) is 0 Å². The Balaban J connectivity index is 2.76. The van der Waals surface area contributed by atoms with Crippen molar-refractivity contribution in [2.24, 2.45) is 0 Å². The Kier molecular flexibility index (Phi) is 8.97. The van der Waals surface area contributed by atoms with E-state index in [1.54, 1.807) is 6.07 Å². The van der Waals surface area contributed by atoms with Crippen LogP contribution in [-0.2, 0) is 11.2 Å². The van der Waals surface area contributed by atoms with Gasteiger partial charge in [0.1, 0.15) is 11.1 Å². The maximum absolute atomic E-state index is 12.3. The highest BCUT2D eigenvalue weighted by Crippen LogP contribution is 2.21. The van der Waals surface area contributed by atoms with E-state index in [1.165, 1.54) is 16.7 Å². The number of thioether (sulfide) groups is 1. The second kappa shape index (κ2) is 11.0. The van der Waals surface area contributed by atoms with Crippen molar-refractivity contribution in [2.75, 3.05) is 18.8 Å². The van der Waals surface area contributed by atoms with Crippen LogP contribution in [0.1, 0.15) is 37.4 Å². The molecule has 0 spiro atoms. The Morgan fingerprint density at radius 2 is 1.88 bits per heavy atom. The highest BCUT2D eigenvalue weighted by molar-refractivity contribution is 7.99. The van der Waals surface area contributed by atoms with Gasteiger partial charge >= 0.3 is 0 Å². The maximum Gasteiger partial charge on any atom is 0.233 e. The van der Waals surface area contributed by atoms with Crippen LogP contribution in [0.5, 0.6) is 0 Å². The van der Waals surface area contributed by atoms with E-state index in [9.17, 15) is 10.1 Å². The van der Waals surface area contributed by atoms with Gasteiger partial charge in [-0.1, -0.05) is 25.1 Å². The van der Waals surface area contributed by atoms with Crippen LogP contribution >= 0.6 is 11.8 Å². The summed E-state index contributed by atoms with van der Waals surface area (Å²) in [5, 5.41) is 27.1. The van der Waals surface area contributed by atoms with Crippen molar-refractivity contribution in [3.63, 3.8) is 0 Å². The first kappa shape index (κ1) is 19.5. The molecule has 0 bridgehead atoms. The molecule has 0 unspecified atom stereocenters. The lowest BCUT2D eigenvalue weighted by Gasteiger charge is -2.20. The molecule has 0 fully saturated rings. The fourth-order valence-corrected chi connectivity index (χ4v) is 2.92. The number of hydrogen-bond acceptors (Lipinski definition) is 6. The molecule has 1 rings (SSSR count). The fraction of sp³-hybridized carbons (Fsp3) is 0.471. The standard InChI is InChI=1S/C17H19N5OS/c1-2-5-15-7-6-14(12-20)17(21-15)24-13-16(23)22(10-3-8-18)11-4-9-19/h6-7H,2-5,10-11,13H2,1H3. The first-order valence-electron chi connectivity index (χ1n) is 7.70. The van der Waals surface area contributed by atoms with Gasteiger partial charge in [-0.15, -0.1) is 0 Å². The molecule has 0 aliphatic heterocycles. The largest absolute Gasteiger partial charge is 0.340 e. The summed E-state index contributed by atoms with van der Waals surface area (Å²) in [4.78, 5) is 18.3. The average Bonchev–Trinajstić information content (AvgIpc) is 2.60. The number of hydrogen-bond donors (Lipinski definition) is 0. The van der Waals surface area contributed by atoms with Gasteiger partial charge in [0.05, 0.1) is 36.3 Å². The van der Waals surface area contributed by atoms with E-state index in [1.807, 2.05) is 18.2 Å². The third-order valence-electron chi connectivity index (χ3n) is 3.22. The number of aryl methyl sites for hydroxylation is 1. The molecule has 24 heavy (non-hydrogen) atoms. The Morgan fingerprint density at radius 3 is 2.42 bits per heavy atom. The quantitative estimate of drug-likeness (QED) is 0.639. The maximum atomic E-state index is 12.3. The van der Waals surface area contributed by atoms with Crippen LogP contribution in [0, 0.1) is 34.0 Å². The molecule has 7 heteroatoms. The number of rotatable bonds is 9. The summed E-state index contributed by atoms with van der Waals surface area (Å²) in [6.45, 7) is 2.68. The Labute approximate surface area is 146 Å². The van der Waals surface area contributed by atoms with Crippen molar-refractivity contribution in [2.45, 2.75) is 37.6 Å². The number of pyridine rings is 1. The van der Waals surface area contributed by atoms with Gasteiger partial charge in [0.25, 0.3) is 0 Å². The lowest BCUT2D eigenvalue weighted by Crippen LogP contribution is -2.34. The van der Waals surface area contributed by atoms with Crippen LogP contribution in [0.3, 0.4) is 0 Å². The molecule has 1 heterocycles. The number of nitriles is 3. The molecule has 0 N–H and O–H groups in total. The highest BCUT2D eigenvalue weighted by Gasteiger charge is 2.15. The Hall–Kier alpha value is -2.56. The summed E-state index contributed by atoms with van der Waals surface area (Å²) in [6, 6.07) is 9.66. The van der Waals surface area contributed by atoms with Crippen LogP contribution in [-0.4, -0.2) is 34.6 Å². The normalized spacial score (nSPS) is 9.58. The lowest BCUT2D eigenvalue weighted by molar-refractivity contribution is -0.128. The number of nitrogens with zero attached hydrogens (tertiary/aromatic N) is 5. The molecular weight excluding hydrogens is 322 g/mol. The van der Waals surface area contributed by atoms with Gasteiger partial charge in [0.2, 0.25) is 5.91 Å². The Bertz CT molecular complexity index is 666. The van der Waals surface area contributed by atoms with E-state index in [2.05, 4.69) is 18.0 Å². The molecule has 6 nitrogen and oxygen atoms in total. The van der Waals surface area contributed by atoms with Gasteiger partial charge in [-0.05, 0) is 18.6 Å². The van der Waals surface area contributed by atoms with Gasteiger partial charge in [-0.25, -0.2) is 4.98 Å². The van der Waals surface area contributed by atoms with Crippen molar-refractivity contribution in [3.05, 3.63) is 23.4 Å². The molecule has 0 aliphatic carbocycles. The summed E-state index contributed by atoms with van der Waals surface area (Å²) in [5.74, 6) is -0.0224. The minimum absolute atomic E-state index is 0.133. The zero-order valence-corrected chi connectivity index (χ0v) is 14.5. The third-order valence-corrected chi connectivity index (χ3v) is 4.19. The molecule has 0 aromatic carbocycles. The molecule has 0 aliphatic rings. The summed E-state index contributed by atoms with van der Waals surface area (Å²) in [6.07, 6.45) is 2.24. The highest BCUT2D eigenvalue weighted by atomic mass is 32.2. The van der Waals surface area contributed by atoms with Gasteiger partial charge < -0.3 is 4.90 Å². The molecule has 1 amide bonds. The molecular formula is C17H19N5OS. The second-order valence-corrected chi connectivity index (χ2v) is 5.97. The lowest BCUT2D eigenvalue weighted by atomic mass is 10.2. The SMILES string of the molecule is CCCc1ccc(C#N)c(SCC(=O)N(CCC#N)CCC#N)n1. The topological polar surface area (TPSA) is 105 Å². The number of aromatic nitrogens is 1. The summed E-state index contributed by atoms with van der Waals surface area (Å²) in [7, 11) is 0. The van der Waals surface area contributed by atoms with E-state index < -0.39 is 0 Å². The van der Waals surface area contributed by atoms with E-state index in [0.29, 0.717) is 23.7 Å². The van der Waals surface area contributed by atoms with E-state index >= 15 is 0 Å². The molecule has 0 saturated carbocycles. The van der Waals surface area contributed by atoms with Crippen LogP contribution in [0.4, 0.5) is 0 Å². The van der Waals surface area contributed by atoms with Crippen molar-refractivity contribution < 1.29 is 4.79 Å². The third kappa shape index (κ3) is 6.28. The number of carbonyl (C=O) groups is 1. The number of amides is 1. The first-order valence-corrected chi connectivity index (χ1v) is 8.69. The molecule has 124 valence electrons. The first-order chi connectivity index (χ1) is 11.7. The summed E-state index contributed by atoms with van der Waals surface area (Å²) < 4.78 is 0. The van der Waals surface area contributed by atoms with Gasteiger partial charge in [-0.3, -0.25) is 4.79 Å². The van der Waals surface area contributed by atoms with E-state index in [0.717, 1.165) is 18.5 Å². The molecule has 1 aromatic rings. The molecule has 0 radical (unpaired) electrons. The minimum Gasteiger partial charge on any atom is -0.340 e. The summed E-state index contributed by atoms with van der Waals surface area (Å²) >= 11 is 1.22. The molecule has 0 saturated heterocycles. The zero-order chi connectivity index (χ0) is 17.8. The van der Waals surface area contributed by atoms with Gasteiger partial charge in [0, 0.05) is 18.8 Å². The minimum atomic E-state index is -0.155. The average molecular weight is 341 g/mol. The Morgan fingerprint density at radius 1 is 1.21 bits per heavy atom. The molecule has 0 atom stereocenters. The van der Waals surface area contributed by atoms with Crippen LogP contribution in [0.25, 0.3) is 0 Å². The molecule has 1 aromatic heterocycles. The van der Waals surface area contributed by atoms with Crippen LogP contribution in [0.15, 0.2) is 17.2 Å². The van der Waals surface area contributed by atoms with Crippen molar-refractivity contribution >= 4 is 17.7 Å². The van der Waals surface area contributed by atoms with E-state index in [4.69, 9.17) is 10.5 Å². The predicted molar refractivity (Wildman–Crippen MR) is 90.7 cm³/mol. The number of carbonyl (C=O) groups excluding carboxylic acids is 1. The van der Waals surface area contributed by atoms with Crippen molar-refractivity contribution in [1.29, 1.82) is 15.8 Å². The van der Waals surface area contributed by atoms with Crippen molar-refractivity contribution in [3.8, 4) is 18.2 Å². The van der Waals surface area contributed by atoms with Gasteiger partial charge in [-0.2, -0.15) is 15.8 Å². The second-order valence-electron chi connectivity index (χ2n) is 5.00. The van der Waals surface area contributed by atoms with Crippen LogP contribution < -0.4 is 0 Å². The zero-order valence-electron chi connectivity index (χ0n) is 13.7. The fourth-order valence-electron chi connectivity index (χ4n) is 2.02. The van der Waals surface area contributed by atoms with Crippen LogP contribution in [0.2, 0.25) is 0 Å². The van der Waals surface area contributed by atoms with E-state index in [-0.39, 0.29) is 24.5 Å². The summed E-state index contributed by atoms with van der Waals surface area (Å²) in [5.41, 5.74) is 1.35.